The monoisotopic (exact) mass is 564 g/mol. The molecule has 10 nitrogen and oxygen atoms in total. The number of aryl methyl sites for hydroxylation is 1. The number of benzene rings is 3. The summed E-state index contributed by atoms with van der Waals surface area (Å²) in [5.41, 5.74) is 4.49. The van der Waals surface area contributed by atoms with Gasteiger partial charge in [0.05, 0.1) is 12.3 Å². The molecule has 0 atom stereocenters. The molecule has 0 aliphatic carbocycles. The fourth-order valence-electron chi connectivity index (χ4n) is 3.43. The van der Waals surface area contributed by atoms with Gasteiger partial charge in [-0.3, -0.25) is 14.6 Å². The van der Waals surface area contributed by atoms with Crippen molar-refractivity contribution in [2.45, 2.75) is 13.5 Å². The SMILES string of the molecule is Cc1cc(NC(=O)Nc2ccc(Oc3ccnc(C(=O)NOCc4ccc(B(O)O)cc4)c3)cc2F)ccc1Cl. The van der Waals surface area contributed by atoms with Crippen LogP contribution in [0.15, 0.2) is 79.0 Å². The summed E-state index contributed by atoms with van der Waals surface area (Å²) in [5.74, 6) is -1.03. The van der Waals surface area contributed by atoms with Crippen molar-refractivity contribution >= 4 is 47.5 Å². The van der Waals surface area contributed by atoms with Gasteiger partial charge in [-0.15, -0.1) is 0 Å². The van der Waals surface area contributed by atoms with Crippen LogP contribution in [0.2, 0.25) is 5.02 Å². The van der Waals surface area contributed by atoms with Gasteiger partial charge in [-0.2, -0.15) is 0 Å². The topological polar surface area (TPSA) is 142 Å². The molecule has 0 radical (unpaired) electrons. The highest BCUT2D eigenvalue weighted by Gasteiger charge is 2.13. The first-order valence-electron chi connectivity index (χ1n) is 11.8. The summed E-state index contributed by atoms with van der Waals surface area (Å²) in [5, 5.41) is 23.9. The molecule has 3 amide bonds. The molecule has 0 bridgehead atoms. The molecule has 0 spiro atoms. The molecule has 0 aliphatic heterocycles. The summed E-state index contributed by atoms with van der Waals surface area (Å²) in [7, 11) is -1.57. The van der Waals surface area contributed by atoms with Gasteiger partial charge in [0.2, 0.25) is 0 Å². The summed E-state index contributed by atoms with van der Waals surface area (Å²) >= 11 is 5.99. The molecule has 1 aromatic heterocycles. The lowest BCUT2D eigenvalue weighted by Crippen LogP contribution is -2.29. The van der Waals surface area contributed by atoms with E-state index in [1.807, 2.05) is 0 Å². The van der Waals surface area contributed by atoms with Crippen LogP contribution in [0.3, 0.4) is 0 Å². The summed E-state index contributed by atoms with van der Waals surface area (Å²) in [4.78, 5) is 33.9. The molecule has 0 fully saturated rings. The number of nitrogens with one attached hydrogen (secondary N) is 3. The lowest BCUT2D eigenvalue weighted by atomic mass is 9.80. The first-order chi connectivity index (χ1) is 19.2. The van der Waals surface area contributed by atoms with Crippen LogP contribution in [0.1, 0.15) is 21.6 Å². The summed E-state index contributed by atoms with van der Waals surface area (Å²) in [6.07, 6.45) is 1.35. The smallest absolute Gasteiger partial charge is 0.457 e. The first-order valence-corrected chi connectivity index (χ1v) is 12.2. The zero-order valence-electron chi connectivity index (χ0n) is 21.0. The van der Waals surface area contributed by atoms with Crippen LogP contribution in [-0.4, -0.2) is 34.1 Å². The minimum Gasteiger partial charge on any atom is -0.457 e. The summed E-state index contributed by atoms with van der Waals surface area (Å²) < 4.78 is 20.3. The van der Waals surface area contributed by atoms with E-state index in [0.717, 1.165) is 11.6 Å². The normalized spacial score (nSPS) is 10.5. The largest absolute Gasteiger partial charge is 0.488 e. The number of nitrogens with zero attached hydrogens (tertiary/aromatic N) is 1. The van der Waals surface area contributed by atoms with Crippen LogP contribution in [0, 0.1) is 12.7 Å². The lowest BCUT2D eigenvalue weighted by Gasteiger charge is -2.11. The molecule has 0 saturated heterocycles. The Hall–Kier alpha value is -4.49. The third-order valence-electron chi connectivity index (χ3n) is 5.49. The van der Waals surface area contributed by atoms with Crippen LogP contribution in [0.5, 0.6) is 11.5 Å². The molecular weight excluding hydrogens is 542 g/mol. The van der Waals surface area contributed by atoms with Gasteiger partial charge < -0.3 is 25.4 Å². The highest BCUT2D eigenvalue weighted by atomic mass is 35.5. The number of aromatic nitrogens is 1. The molecule has 0 aliphatic rings. The molecule has 5 N–H and O–H groups in total. The van der Waals surface area contributed by atoms with Crippen molar-refractivity contribution < 1.29 is 33.6 Å². The summed E-state index contributed by atoms with van der Waals surface area (Å²) in [6.45, 7) is 1.82. The Kier molecular flexibility index (Phi) is 9.30. The number of pyridine rings is 1. The standard InChI is InChI=1S/C27H23BClFN4O6/c1-16-12-19(6-8-22(16)29)32-27(36)33-24-9-7-20(13-23(24)30)40-21-10-11-31-25(14-21)26(35)34-39-15-17-2-4-18(5-3-17)28(37)38/h2-14,37-38H,15H2,1H3,(H,34,35)(H2,32,33,36). The lowest BCUT2D eigenvalue weighted by molar-refractivity contribution is 0.0229. The van der Waals surface area contributed by atoms with Crippen LogP contribution in [-0.2, 0) is 11.4 Å². The second-order valence-electron chi connectivity index (χ2n) is 8.50. The van der Waals surface area contributed by atoms with Crippen molar-refractivity contribution in [2.75, 3.05) is 10.6 Å². The number of ether oxygens (including phenoxy) is 1. The zero-order chi connectivity index (χ0) is 28.6. The minimum absolute atomic E-state index is 0.0101. The predicted molar refractivity (Wildman–Crippen MR) is 148 cm³/mol. The molecule has 0 saturated carbocycles. The van der Waals surface area contributed by atoms with Crippen LogP contribution >= 0.6 is 11.6 Å². The number of anilines is 2. The molecule has 13 heteroatoms. The van der Waals surface area contributed by atoms with Gasteiger partial charge in [-0.05, 0) is 59.9 Å². The van der Waals surface area contributed by atoms with Gasteiger partial charge in [-0.1, -0.05) is 35.9 Å². The number of amides is 3. The van der Waals surface area contributed by atoms with Gasteiger partial charge in [-0.25, -0.2) is 14.7 Å². The highest BCUT2D eigenvalue weighted by molar-refractivity contribution is 6.58. The van der Waals surface area contributed by atoms with E-state index in [2.05, 4.69) is 21.1 Å². The molecule has 204 valence electrons. The zero-order valence-corrected chi connectivity index (χ0v) is 21.8. The van der Waals surface area contributed by atoms with E-state index in [9.17, 15) is 14.0 Å². The molecule has 4 rings (SSSR count). The number of halogens is 2. The van der Waals surface area contributed by atoms with Gasteiger partial charge in [0.25, 0.3) is 5.91 Å². The molecule has 0 unspecified atom stereocenters. The Labute approximate surface area is 233 Å². The Morgan fingerprint density at radius 1 is 0.975 bits per heavy atom. The summed E-state index contributed by atoms with van der Waals surface area (Å²) in [6, 6.07) is 17.3. The number of hydrogen-bond acceptors (Lipinski definition) is 7. The first kappa shape index (κ1) is 28.5. The second kappa shape index (κ2) is 13.0. The van der Waals surface area contributed by atoms with Crippen molar-refractivity contribution in [2.24, 2.45) is 0 Å². The Morgan fingerprint density at radius 3 is 2.42 bits per heavy atom. The number of carbonyl (C=O) groups is 2. The average Bonchev–Trinajstić information content (AvgIpc) is 2.92. The van der Waals surface area contributed by atoms with Gasteiger partial charge in [0, 0.05) is 29.0 Å². The van der Waals surface area contributed by atoms with E-state index in [1.165, 1.54) is 42.6 Å². The number of carbonyl (C=O) groups excluding carboxylic acids is 2. The van der Waals surface area contributed by atoms with Crippen molar-refractivity contribution in [3.8, 4) is 11.5 Å². The minimum atomic E-state index is -1.57. The van der Waals surface area contributed by atoms with E-state index in [-0.39, 0.29) is 29.5 Å². The third kappa shape index (κ3) is 7.77. The van der Waals surface area contributed by atoms with E-state index >= 15 is 0 Å². The van der Waals surface area contributed by atoms with E-state index in [1.54, 1.807) is 37.3 Å². The van der Waals surface area contributed by atoms with E-state index in [4.69, 9.17) is 31.2 Å². The van der Waals surface area contributed by atoms with Gasteiger partial charge in [0.15, 0.2) is 0 Å². The van der Waals surface area contributed by atoms with E-state index in [0.29, 0.717) is 21.7 Å². The maximum absolute atomic E-state index is 14.7. The Morgan fingerprint density at radius 2 is 1.73 bits per heavy atom. The molecular formula is C27H23BClFN4O6. The quantitative estimate of drug-likeness (QED) is 0.152. The van der Waals surface area contributed by atoms with Gasteiger partial charge in [0.1, 0.15) is 23.0 Å². The number of hydrogen-bond donors (Lipinski definition) is 5. The van der Waals surface area contributed by atoms with Crippen molar-refractivity contribution in [1.29, 1.82) is 0 Å². The van der Waals surface area contributed by atoms with Gasteiger partial charge >= 0.3 is 13.1 Å². The Balaban J connectivity index is 1.31. The maximum atomic E-state index is 14.7. The molecule has 40 heavy (non-hydrogen) atoms. The second-order valence-corrected chi connectivity index (χ2v) is 8.91. The predicted octanol–water partition coefficient (Wildman–Crippen LogP) is 4.16. The van der Waals surface area contributed by atoms with Crippen LogP contribution in [0.25, 0.3) is 0 Å². The number of urea groups is 1. The van der Waals surface area contributed by atoms with Crippen molar-refractivity contribution in [1.82, 2.24) is 10.5 Å². The number of rotatable bonds is 9. The molecule has 4 aromatic rings. The van der Waals surface area contributed by atoms with Crippen molar-refractivity contribution in [3.63, 3.8) is 0 Å². The van der Waals surface area contributed by atoms with Crippen molar-refractivity contribution in [3.05, 3.63) is 107 Å². The highest BCUT2D eigenvalue weighted by Crippen LogP contribution is 2.26. The molecule has 3 aromatic carbocycles. The van der Waals surface area contributed by atoms with Crippen LogP contribution in [0.4, 0.5) is 20.6 Å². The Bertz CT molecular complexity index is 1520. The van der Waals surface area contributed by atoms with Crippen LogP contribution < -0.4 is 26.3 Å². The third-order valence-corrected chi connectivity index (χ3v) is 5.91. The fraction of sp³-hybridized carbons (Fsp3) is 0.0741. The van der Waals surface area contributed by atoms with E-state index < -0.39 is 24.9 Å². The fourth-order valence-corrected chi connectivity index (χ4v) is 3.54. The molecule has 1 heterocycles. The number of hydroxylamine groups is 1. The average molecular weight is 565 g/mol. The maximum Gasteiger partial charge on any atom is 0.488 e.